The molecule has 1 aromatic rings. The van der Waals surface area contributed by atoms with Gasteiger partial charge in [0.2, 0.25) is 0 Å². The van der Waals surface area contributed by atoms with Crippen molar-refractivity contribution < 1.29 is 14.5 Å². The highest BCUT2D eigenvalue weighted by molar-refractivity contribution is 5.69. The molecule has 1 aliphatic rings. The molecule has 0 N–H and O–H groups in total. The molecule has 1 aliphatic heterocycles. The van der Waals surface area contributed by atoms with Gasteiger partial charge >= 0.3 is 6.09 Å². The second-order valence-electron chi connectivity index (χ2n) is 5.78. The van der Waals surface area contributed by atoms with E-state index in [9.17, 15) is 14.9 Å². The molecule has 108 valence electrons. The van der Waals surface area contributed by atoms with Gasteiger partial charge in [0.25, 0.3) is 5.69 Å². The van der Waals surface area contributed by atoms with Crippen molar-refractivity contribution in [3.63, 3.8) is 0 Å². The average molecular weight is 279 g/mol. The highest BCUT2D eigenvalue weighted by Gasteiger charge is 2.35. The van der Waals surface area contributed by atoms with Gasteiger partial charge in [0.05, 0.1) is 10.6 Å². The van der Waals surface area contributed by atoms with E-state index < -0.39 is 10.5 Å². The molecule has 0 saturated carbocycles. The van der Waals surface area contributed by atoms with Gasteiger partial charge in [-0.1, -0.05) is 0 Å². The van der Waals surface area contributed by atoms with E-state index in [2.05, 4.69) is 4.98 Å². The van der Waals surface area contributed by atoms with Crippen LogP contribution in [0.15, 0.2) is 18.3 Å². The maximum Gasteiger partial charge on any atom is 0.410 e. The van der Waals surface area contributed by atoms with Crippen LogP contribution in [0.5, 0.6) is 0 Å². The summed E-state index contributed by atoms with van der Waals surface area (Å²) in [5.41, 5.74) is 0.135. The van der Waals surface area contributed by atoms with Gasteiger partial charge in [-0.3, -0.25) is 15.1 Å². The maximum absolute atomic E-state index is 11.8. The number of hydrogen-bond donors (Lipinski definition) is 0. The standard InChI is InChI=1S/C13H17N3O4/c1-13(2,3)20-12(17)15-7-9(8-15)11-6-10(16(18)19)4-5-14-11/h4-6,9H,7-8H2,1-3H3. The molecule has 0 aromatic carbocycles. The summed E-state index contributed by atoms with van der Waals surface area (Å²) in [6.07, 6.45) is 1.06. The summed E-state index contributed by atoms with van der Waals surface area (Å²) in [6.45, 7) is 6.38. The van der Waals surface area contributed by atoms with E-state index in [1.165, 1.54) is 18.3 Å². The van der Waals surface area contributed by atoms with Crippen molar-refractivity contribution in [1.82, 2.24) is 9.88 Å². The fourth-order valence-electron chi connectivity index (χ4n) is 1.91. The molecule has 20 heavy (non-hydrogen) atoms. The van der Waals surface area contributed by atoms with E-state index in [4.69, 9.17) is 4.74 Å². The molecule has 2 rings (SSSR count). The van der Waals surface area contributed by atoms with Crippen LogP contribution in [0.2, 0.25) is 0 Å². The number of nitrogens with zero attached hydrogens (tertiary/aromatic N) is 3. The van der Waals surface area contributed by atoms with Gasteiger partial charge in [0.1, 0.15) is 5.60 Å². The zero-order valence-electron chi connectivity index (χ0n) is 11.7. The first-order valence-electron chi connectivity index (χ1n) is 6.34. The number of pyridine rings is 1. The second-order valence-corrected chi connectivity index (χ2v) is 5.78. The van der Waals surface area contributed by atoms with E-state index >= 15 is 0 Å². The molecule has 1 fully saturated rings. The SMILES string of the molecule is CC(C)(C)OC(=O)N1CC(c2cc([N+](=O)[O-])ccn2)C1. The predicted molar refractivity (Wildman–Crippen MR) is 71.4 cm³/mol. The van der Waals surface area contributed by atoms with Crippen LogP contribution >= 0.6 is 0 Å². The number of nitro groups is 1. The number of likely N-dealkylation sites (tertiary alicyclic amines) is 1. The number of ether oxygens (including phenoxy) is 1. The van der Waals surface area contributed by atoms with Crippen LogP contribution in [0.25, 0.3) is 0 Å². The van der Waals surface area contributed by atoms with Crippen molar-refractivity contribution in [2.45, 2.75) is 32.3 Å². The van der Waals surface area contributed by atoms with Crippen LogP contribution in [-0.4, -0.2) is 39.6 Å². The Morgan fingerprint density at radius 2 is 2.15 bits per heavy atom. The normalized spacial score (nSPS) is 15.7. The van der Waals surface area contributed by atoms with Gasteiger partial charge in [-0.15, -0.1) is 0 Å². The quantitative estimate of drug-likeness (QED) is 0.612. The second kappa shape index (κ2) is 5.07. The van der Waals surface area contributed by atoms with E-state index in [1.54, 1.807) is 4.90 Å². The Labute approximate surface area is 116 Å². The summed E-state index contributed by atoms with van der Waals surface area (Å²) in [4.78, 5) is 27.7. The highest BCUT2D eigenvalue weighted by Crippen LogP contribution is 2.28. The first kappa shape index (κ1) is 14.2. The van der Waals surface area contributed by atoms with Gasteiger partial charge in [0, 0.05) is 37.3 Å². The Bertz CT molecular complexity index is 533. The fourth-order valence-corrected chi connectivity index (χ4v) is 1.91. The van der Waals surface area contributed by atoms with Gasteiger partial charge in [-0.2, -0.15) is 0 Å². The topological polar surface area (TPSA) is 85.6 Å². The molecular weight excluding hydrogens is 262 g/mol. The summed E-state index contributed by atoms with van der Waals surface area (Å²) < 4.78 is 5.25. The third-order valence-corrected chi connectivity index (χ3v) is 2.93. The number of amides is 1. The molecule has 0 spiro atoms. The maximum atomic E-state index is 11.8. The van der Waals surface area contributed by atoms with Crippen molar-refractivity contribution >= 4 is 11.8 Å². The van der Waals surface area contributed by atoms with Crippen LogP contribution in [0.4, 0.5) is 10.5 Å². The fraction of sp³-hybridized carbons (Fsp3) is 0.538. The van der Waals surface area contributed by atoms with Crippen molar-refractivity contribution in [3.8, 4) is 0 Å². The molecule has 1 aromatic heterocycles. The average Bonchev–Trinajstić information content (AvgIpc) is 2.24. The lowest BCUT2D eigenvalue weighted by Crippen LogP contribution is -2.50. The molecule has 1 saturated heterocycles. The first-order valence-corrected chi connectivity index (χ1v) is 6.34. The van der Waals surface area contributed by atoms with Gasteiger partial charge in [0.15, 0.2) is 0 Å². The summed E-state index contributed by atoms with van der Waals surface area (Å²) >= 11 is 0. The van der Waals surface area contributed by atoms with Gasteiger partial charge < -0.3 is 9.64 Å². The third-order valence-electron chi connectivity index (χ3n) is 2.93. The van der Waals surface area contributed by atoms with Gasteiger partial charge in [-0.05, 0) is 20.8 Å². The van der Waals surface area contributed by atoms with Crippen LogP contribution in [0.1, 0.15) is 32.4 Å². The third kappa shape index (κ3) is 3.23. The molecule has 2 heterocycles. The number of carbonyl (C=O) groups excluding carboxylic acids is 1. The molecule has 7 nitrogen and oxygen atoms in total. The Morgan fingerprint density at radius 3 is 2.70 bits per heavy atom. The van der Waals surface area contributed by atoms with E-state index in [0.717, 1.165) is 0 Å². The Kier molecular flexibility index (Phi) is 3.61. The lowest BCUT2D eigenvalue weighted by Gasteiger charge is -2.39. The van der Waals surface area contributed by atoms with Crippen molar-refractivity contribution in [1.29, 1.82) is 0 Å². The molecular formula is C13H17N3O4. The summed E-state index contributed by atoms with van der Waals surface area (Å²) in [5, 5.41) is 10.7. The van der Waals surface area contributed by atoms with E-state index in [-0.39, 0.29) is 17.7 Å². The summed E-state index contributed by atoms with van der Waals surface area (Å²) in [5.74, 6) is 0.0300. The molecule has 0 atom stereocenters. The van der Waals surface area contributed by atoms with Crippen LogP contribution < -0.4 is 0 Å². The van der Waals surface area contributed by atoms with Crippen molar-refractivity contribution in [2.75, 3.05) is 13.1 Å². The molecule has 0 aliphatic carbocycles. The summed E-state index contributed by atoms with van der Waals surface area (Å²) in [7, 11) is 0. The summed E-state index contributed by atoms with van der Waals surface area (Å²) in [6, 6.07) is 2.81. The largest absolute Gasteiger partial charge is 0.444 e. The van der Waals surface area contributed by atoms with E-state index in [1.807, 2.05) is 20.8 Å². The van der Waals surface area contributed by atoms with Crippen molar-refractivity contribution in [3.05, 3.63) is 34.1 Å². The molecule has 0 unspecified atom stereocenters. The lowest BCUT2D eigenvalue weighted by atomic mass is 9.96. The highest BCUT2D eigenvalue weighted by atomic mass is 16.6. The minimum atomic E-state index is -0.522. The Hall–Kier alpha value is -2.18. The monoisotopic (exact) mass is 279 g/mol. The van der Waals surface area contributed by atoms with Crippen LogP contribution in [0, 0.1) is 10.1 Å². The van der Waals surface area contributed by atoms with E-state index in [0.29, 0.717) is 18.8 Å². The predicted octanol–water partition coefficient (Wildman–Crippen LogP) is 2.32. The lowest BCUT2D eigenvalue weighted by molar-refractivity contribution is -0.385. The molecule has 0 radical (unpaired) electrons. The van der Waals surface area contributed by atoms with Crippen LogP contribution in [-0.2, 0) is 4.74 Å². The van der Waals surface area contributed by atoms with Crippen molar-refractivity contribution in [2.24, 2.45) is 0 Å². The zero-order chi connectivity index (χ0) is 14.9. The molecule has 1 amide bonds. The first-order chi connectivity index (χ1) is 9.26. The minimum absolute atomic E-state index is 0.0192. The number of aromatic nitrogens is 1. The Morgan fingerprint density at radius 1 is 1.50 bits per heavy atom. The number of hydrogen-bond acceptors (Lipinski definition) is 5. The minimum Gasteiger partial charge on any atom is -0.444 e. The Balaban J connectivity index is 1.95. The number of rotatable bonds is 2. The smallest absolute Gasteiger partial charge is 0.410 e. The molecule has 7 heteroatoms. The zero-order valence-corrected chi connectivity index (χ0v) is 11.7. The molecule has 0 bridgehead atoms. The van der Waals surface area contributed by atoms with Gasteiger partial charge in [-0.25, -0.2) is 4.79 Å². The number of carbonyl (C=O) groups is 1. The van der Waals surface area contributed by atoms with Crippen LogP contribution in [0.3, 0.4) is 0 Å².